The Hall–Kier alpha value is 0. The van der Waals surface area contributed by atoms with E-state index in [0.29, 0.717) is 0 Å². The lowest BCUT2D eigenvalue weighted by Crippen LogP contribution is -2.07. The van der Waals surface area contributed by atoms with Crippen LogP contribution in [-0.4, -0.2) is 0 Å². The summed E-state index contributed by atoms with van der Waals surface area (Å²) in [5.74, 6) is 0.979. The van der Waals surface area contributed by atoms with Gasteiger partial charge in [0.25, 0.3) is 0 Å². The summed E-state index contributed by atoms with van der Waals surface area (Å²) in [7, 11) is 0. The van der Waals surface area contributed by atoms with E-state index in [2.05, 4.69) is 20.8 Å². The van der Waals surface area contributed by atoms with Crippen molar-refractivity contribution in [3.05, 3.63) is 0 Å². The Labute approximate surface area is 65.0 Å². The van der Waals surface area contributed by atoms with E-state index < -0.39 is 0 Å². The number of hydrogen-bond acceptors (Lipinski definition) is 0. The summed E-state index contributed by atoms with van der Waals surface area (Å²) in [5, 5.41) is 0. The van der Waals surface area contributed by atoms with Crippen LogP contribution in [0.2, 0.25) is 0 Å². The third-order valence-corrected chi connectivity index (χ3v) is 3.22. The van der Waals surface area contributed by atoms with Crippen molar-refractivity contribution in [2.75, 3.05) is 0 Å². The molecule has 0 aromatic carbocycles. The minimum Gasteiger partial charge on any atom is -0.0654 e. The molecule has 1 aliphatic carbocycles. The van der Waals surface area contributed by atoms with Gasteiger partial charge in [-0.3, -0.25) is 0 Å². The summed E-state index contributed by atoms with van der Waals surface area (Å²) in [6.45, 7) is 7.14. The predicted octanol–water partition coefficient (Wildman–Crippen LogP) is 3.61. The highest BCUT2D eigenvalue weighted by atomic mass is 14.5. The minimum absolute atomic E-state index is 0.759. The maximum absolute atomic E-state index is 2.44. The standard InChI is InChI=1S/C10H20/c1-4-5-6-9(2)10(3)7-8-10/h9H,4-8H2,1-3H3. The van der Waals surface area contributed by atoms with Crippen LogP contribution < -0.4 is 0 Å². The molecule has 60 valence electrons. The molecule has 1 saturated carbocycles. The molecule has 0 radical (unpaired) electrons. The molecule has 0 aromatic rings. The van der Waals surface area contributed by atoms with Gasteiger partial charge < -0.3 is 0 Å². The molecular formula is C10H20. The molecule has 0 aliphatic heterocycles. The number of rotatable bonds is 4. The SMILES string of the molecule is CCCCC(C)C1(C)CC1. The molecule has 0 saturated heterocycles. The van der Waals surface area contributed by atoms with Gasteiger partial charge in [-0.25, -0.2) is 0 Å². The van der Waals surface area contributed by atoms with E-state index in [1.807, 2.05) is 0 Å². The Morgan fingerprint density at radius 3 is 2.40 bits per heavy atom. The Morgan fingerprint density at radius 2 is 2.00 bits per heavy atom. The second-order valence-corrected chi connectivity index (χ2v) is 4.20. The van der Waals surface area contributed by atoms with Crippen LogP contribution in [0.1, 0.15) is 52.9 Å². The zero-order chi connectivity index (χ0) is 7.61. The van der Waals surface area contributed by atoms with E-state index in [-0.39, 0.29) is 0 Å². The van der Waals surface area contributed by atoms with Crippen molar-refractivity contribution in [3.63, 3.8) is 0 Å². The Morgan fingerprint density at radius 1 is 1.40 bits per heavy atom. The monoisotopic (exact) mass is 140 g/mol. The highest BCUT2D eigenvalue weighted by Crippen LogP contribution is 2.52. The summed E-state index contributed by atoms with van der Waals surface area (Å²) in [5.41, 5.74) is 0.759. The Balaban J connectivity index is 2.15. The summed E-state index contributed by atoms with van der Waals surface area (Å²) >= 11 is 0. The zero-order valence-corrected chi connectivity index (χ0v) is 7.61. The van der Waals surface area contributed by atoms with E-state index in [4.69, 9.17) is 0 Å². The van der Waals surface area contributed by atoms with Crippen molar-refractivity contribution < 1.29 is 0 Å². The van der Waals surface area contributed by atoms with Gasteiger partial charge in [-0.15, -0.1) is 0 Å². The van der Waals surface area contributed by atoms with Crippen LogP contribution in [0, 0.1) is 11.3 Å². The first-order valence-corrected chi connectivity index (χ1v) is 4.69. The van der Waals surface area contributed by atoms with Crippen LogP contribution in [0.3, 0.4) is 0 Å². The van der Waals surface area contributed by atoms with Crippen LogP contribution in [-0.2, 0) is 0 Å². The predicted molar refractivity (Wildman–Crippen MR) is 46.0 cm³/mol. The van der Waals surface area contributed by atoms with Crippen molar-refractivity contribution in [1.29, 1.82) is 0 Å². The lowest BCUT2D eigenvalue weighted by molar-refractivity contribution is 0.333. The third-order valence-electron chi connectivity index (χ3n) is 3.22. The molecule has 1 fully saturated rings. The van der Waals surface area contributed by atoms with Gasteiger partial charge in [-0.2, -0.15) is 0 Å². The van der Waals surface area contributed by atoms with Crippen molar-refractivity contribution in [2.45, 2.75) is 52.9 Å². The average Bonchev–Trinajstić information content (AvgIpc) is 2.64. The molecule has 0 nitrogen and oxygen atoms in total. The van der Waals surface area contributed by atoms with Crippen LogP contribution >= 0.6 is 0 Å². The van der Waals surface area contributed by atoms with Gasteiger partial charge in [0, 0.05) is 0 Å². The normalized spacial score (nSPS) is 24.3. The topological polar surface area (TPSA) is 0 Å². The third kappa shape index (κ3) is 1.74. The first-order valence-electron chi connectivity index (χ1n) is 4.69. The smallest absolute Gasteiger partial charge is 0.0300 e. The van der Waals surface area contributed by atoms with Crippen LogP contribution in [0.15, 0.2) is 0 Å². The summed E-state index contributed by atoms with van der Waals surface area (Å²) in [6.07, 6.45) is 7.21. The molecule has 0 N–H and O–H groups in total. The fourth-order valence-electron chi connectivity index (χ4n) is 1.55. The Bertz CT molecular complexity index is 101. The van der Waals surface area contributed by atoms with E-state index in [1.165, 1.54) is 32.1 Å². The van der Waals surface area contributed by atoms with Crippen molar-refractivity contribution >= 4 is 0 Å². The van der Waals surface area contributed by atoms with Crippen molar-refractivity contribution in [3.8, 4) is 0 Å². The maximum atomic E-state index is 2.44. The molecular weight excluding hydrogens is 120 g/mol. The van der Waals surface area contributed by atoms with Gasteiger partial charge in [0.1, 0.15) is 0 Å². The molecule has 1 rings (SSSR count). The second kappa shape index (κ2) is 2.94. The van der Waals surface area contributed by atoms with E-state index in [9.17, 15) is 0 Å². The first kappa shape index (κ1) is 8.10. The van der Waals surface area contributed by atoms with Gasteiger partial charge in [0.05, 0.1) is 0 Å². The second-order valence-electron chi connectivity index (χ2n) is 4.20. The lowest BCUT2D eigenvalue weighted by atomic mass is 9.88. The van der Waals surface area contributed by atoms with Gasteiger partial charge in [-0.05, 0) is 24.2 Å². The van der Waals surface area contributed by atoms with Gasteiger partial charge in [-0.1, -0.05) is 40.0 Å². The molecule has 0 aromatic heterocycles. The van der Waals surface area contributed by atoms with Crippen molar-refractivity contribution in [1.82, 2.24) is 0 Å². The molecule has 0 heterocycles. The molecule has 0 bridgehead atoms. The summed E-state index contributed by atoms with van der Waals surface area (Å²) in [6, 6.07) is 0. The molecule has 0 spiro atoms. The molecule has 0 amide bonds. The quantitative estimate of drug-likeness (QED) is 0.559. The number of unbranched alkanes of at least 4 members (excludes halogenated alkanes) is 1. The van der Waals surface area contributed by atoms with Gasteiger partial charge >= 0.3 is 0 Å². The van der Waals surface area contributed by atoms with E-state index >= 15 is 0 Å². The number of hydrogen-bond donors (Lipinski definition) is 0. The summed E-state index contributed by atoms with van der Waals surface area (Å²) < 4.78 is 0. The molecule has 1 atom stereocenters. The van der Waals surface area contributed by atoms with Crippen LogP contribution in [0.5, 0.6) is 0 Å². The average molecular weight is 140 g/mol. The minimum atomic E-state index is 0.759. The fourth-order valence-corrected chi connectivity index (χ4v) is 1.55. The molecule has 0 heteroatoms. The lowest BCUT2D eigenvalue weighted by Gasteiger charge is -2.17. The van der Waals surface area contributed by atoms with Crippen molar-refractivity contribution in [2.24, 2.45) is 11.3 Å². The first-order chi connectivity index (χ1) is 4.69. The Kier molecular flexibility index (Phi) is 2.38. The molecule has 1 aliphatic rings. The molecule has 1 unspecified atom stereocenters. The van der Waals surface area contributed by atoms with Crippen LogP contribution in [0.25, 0.3) is 0 Å². The summed E-state index contributed by atoms with van der Waals surface area (Å²) in [4.78, 5) is 0. The van der Waals surface area contributed by atoms with Gasteiger partial charge in [0.2, 0.25) is 0 Å². The highest BCUT2D eigenvalue weighted by Gasteiger charge is 2.41. The fraction of sp³-hybridized carbons (Fsp3) is 1.00. The maximum Gasteiger partial charge on any atom is -0.0300 e. The van der Waals surface area contributed by atoms with E-state index in [1.54, 1.807) is 0 Å². The molecule has 10 heavy (non-hydrogen) atoms. The van der Waals surface area contributed by atoms with Crippen LogP contribution in [0.4, 0.5) is 0 Å². The van der Waals surface area contributed by atoms with E-state index in [0.717, 1.165) is 11.3 Å². The highest BCUT2D eigenvalue weighted by molar-refractivity contribution is 4.92. The van der Waals surface area contributed by atoms with Gasteiger partial charge in [0.15, 0.2) is 0 Å². The zero-order valence-electron chi connectivity index (χ0n) is 7.61. The largest absolute Gasteiger partial charge is 0.0654 e.